The van der Waals surface area contributed by atoms with Crippen LogP contribution in [0, 0.1) is 0 Å². The smallest absolute Gasteiger partial charge is 0.404 e. The normalized spacial score (nSPS) is 15.4. The zero-order valence-electron chi connectivity index (χ0n) is 8.92. The van der Waals surface area contributed by atoms with Crippen molar-refractivity contribution < 1.29 is 14.3 Å². The van der Waals surface area contributed by atoms with Crippen molar-refractivity contribution in [2.24, 2.45) is 5.73 Å². The molecule has 0 bridgehead atoms. The van der Waals surface area contributed by atoms with E-state index in [4.69, 9.17) is 15.2 Å². The maximum Gasteiger partial charge on any atom is 0.404 e. The molecule has 6 nitrogen and oxygen atoms in total. The maximum atomic E-state index is 10.5. The average Bonchev–Trinajstić information content (AvgIpc) is 2.22. The number of anilines is 1. The molecule has 16 heavy (non-hydrogen) atoms. The fourth-order valence-electron chi connectivity index (χ4n) is 1.60. The zero-order chi connectivity index (χ0) is 11.5. The van der Waals surface area contributed by atoms with Gasteiger partial charge < -0.3 is 20.1 Å². The first-order valence-electron chi connectivity index (χ1n) is 4.90. The van der Waals surface area contributed by atoms with E-state index in [9.17, 15) is 4.79 Å². The molecule has 2 heterocycles. The number of aromatic nitrogens is 1. The minimum atomic E-state index is -0.725. The van der Waals surface area contributed by atoms with E-state index in [1.54, 1.807) is 13.3 Å². The molecule has 0 spiro atoms. The van der Waals surface area contributed by atoms with E-state index in [1.165, 1.54) is 0 Å². The highest BCUT2D eigenvalue weighted by Crippen LogP contribution is 2.24. The van der Waals surface area contributed by atoms with Crippen LogP contribution in [0.1, 0.15) is 0 Å². The standard InChI is InChI=1S/C10H13N3O3/c1-15-9-4-7(2-3-12-9)13-5-8(6-13)16-10(11)14/h2-4,8H,5-6H2,1H3,(H2,11,14). The van der Waals surface area contributed by atoms with Crippen LogP contribution in [0.4, 0.5) is 10.5 Å². The molecule has 0 radical (unpaired) electrons. The van der Waals surface area contributed by atoms with E-state index < -0.39 is 6.09 Å². The molecule has 2 rings (SSSR count). The molecule has 1 aromatic heterocycles. The molecule has 1 aromatic rings. The van der Waals surface area contributed by atoms with E-state index in [-0.39, 0.29) is 6.10 Å². The van der Waals surface area contributed by atoms with Gasteiger partial charge in [0.05, 0.1) is 20.2 Å². The van der Waals surface area contributed by atoms with Crippen LogP contribution >= 0.6 is 0 Å². The number of nitrogens with zero attached hydrogens (tertiary/aromatic N) is 2. The number of primary amides is 1. The van der Waals surface area contributed by atoms with Crippen molar-refractivity contribution in [2.75, 3.05) is 25.1 Å². The van der Waals surface area contributed by atoms with Crippen molar-refractivity contribution >= 4 is 11.8 Å². The second-order valence-corrected chi connectivity index (χ2v) is 3.52. The van der Waals surface area contributed by atoms with Gasteiger partial charge in [0, 0.05) is 18.0 Å². The molecule has 1 fully saturated rings. The van der Waals surface area contributed by atoms with Gasteiger partial charge in [-0.1, -0.05) is 0 Å². The van der Waals surface area contributed by atoms with E-state index in [2.05, 4.69) is 9.88 Å². The topological polar surface area (TPSA) is 77.7 Å². The first kappa shape index (κ1) is 10.5. The molecule has 0 saturated carbocycles. The molecular weight excluding hydrogens is 210 g/mol. The highest BCUT2D eigenvalue weighted by molar-refractivity contribution is 5.65. The molecule has 1 aliphatic rings. The Morgan fingerprint density at radius 2 is 2.38 bits per heavy atom. The fourth-order valence-corrected chi connectivity index (χ4v) is 1.60. The van der Waals surface area contributed by atoms with Crippen molar-refractivity contribution in [3.8, 4) is 5.88 Å². The van der Waals surface area contributed by atoms with Crippen LogP contribution in [0.3, 0.4) is 0 Å². The van der Waals surface area contributed by atoms with Gasteiger partial charge in [0.2, 0.25) is 5.88 Å². The van der Waals surface area contributed by atoms with Crippen molar-refractivity contribution in [1.82, 2.24) is 4.98 Å². The Morgan fingerprint density at radius 3 is 3.00 bits per heavy atom. The van der Waals surface area contributed by atoms with E-state index in [0.29, 0.717) is 19.0 Å². The minimum absolute atomic E-state index is 0.114. The van der Waals surface area contributed by atoms with Gasteiger partial charge in [-0.05, 0) is 6.07 Å². The summed E-state index contributed by atoms with van der Waals surface area (Å²) in [5.41, 5.74) is 5.92. The Hall–Kier alpha value is -1.98. The Balaban J connectivity index is 1.93. The summed E-state index contributed by atoms with van der Waals surface area (Å²) >= 11 is 0. The first-order valence-corrected chi connectivity index (χ1v) is 4.90. The van der Waals surface area contributed by atoms with Gasteiger partial charge in [0.15, 0.2) is 0 Å². The van der Waals surface area contributed by atoms with Crippen LogP contribution in [-0.2, 0) is 4.74 Å². The van der Waals surface area contributed by atoms with Crippen molar-refractivity contribution in [1.29, 1.82) is 0 Å². The summed E-state index contributed by atoms with van der Waals surface area (Å²) in [4.78, 5) is 16.6. The number of hydrogen-bond acceptors (Lipinski definition) is 5. The molecule has 2 N–H and O–H groups in total. The van der Waals surface area contributed by atoms with Crippen LogP contribution in [0.25, 0.3) is 0 Å². The fraction of sp³-hybridized carbons (Fsp3) is 0.400. The number of methoxy groups -OCH3 is 1. The lowest BCUT2D eigenvalue weighted by atomic mass is 10.1. The lowest BCUT2D eigenvalue weighted by Gasteiger charge is -2.39. The number of nitrogens with two attached hydrogens (primary N) is 1. The Morgan fingerprint density at radius 1 is 1.62 bits per heavy atom. The Labute approximate surface area is 93.0 Å². The third kappa shape index (κ3) is 2.16. The SMILES string of the molecule is COc1cc(N2CC(OC(N)=O)C2)ccn1. The number of carbonyl (C=O) groups excluding carboxylic acids is 1. The summed E-state index contributed by atoms with van der Waals surface area (Å²) in [7, 11) is 1.57. The molecular formula is C10H13N3O3. The van der Waals surface area contributed by atoms with Crippen LogP contribution in [0.5, 0.6) is 5.88 Å². The third-order valence-electron chi connectivity index (χ3n) is 2.42. The lowest BCUT2D eigenvalue weighted by Crippen LogP contribution is -2.53. The van der Waals surface area contributed by atoms with Gasteiger partial charge in [-0.25, -0.2) is 9.78 Å². The second kappa shape index (κ2) is 4.26. The minimum Gasteiger partial charge on any atom is -0.481 e. The number of hydrogen-bond donors (Lipinski definition) is 1. The van der Waals surface area contributed by atoms with Crippen molar-refractivity contribution in [2.45, 2.75) is 6.10 Å². The summed E-state index contributed by atoms with van der Waals surface area (Å²) in [5.74, 6) is 0.566. The van der Waals surface area contributed by atoms with Crippen molar-refractivity contribution in [3.05, 3.63) is 18.3 Å². The highest BCUT2D eigenvalue weighted by atomic mass is 16.6. The van der Waals surface area contributed by atoms with Gasteiger partial charge in [0.1, 0.15) is 6.10 Å². The highest BCUT2D eigenvalue weighted by Gasteiger charge is 2.29. The van der Waals surface area contributed by atoms with Gasteiger partial charge >= 0.3 is 6.09 Å². The average molecular weight is 223 g/mol. The zero-order valence-corrected chi connectivity index (χ0v) is 8.92. The quantitative estimate of drug-likeness (QED) is 0.801. The summed E-state index contributed by atoms with van der Waals surface area (Å²) in [6, 6.07) is 3.71. The number of pyridine rings is 1. The molecule has 0 aliphatic carbocycles. The summed E-state index contributed by atoms with van der Waals surface area (Å²) < 4.78 is 9.87. The van der Waals surface area contributed by atoms with Crippen molar-refractivity contribution in [3.63, 3.8) is 0 Å². The summed E-state index contributed by atoms with van der Waals surface area (Å²) in [5, 5.41) is 0. The van der Waals surface area contributed by atoms with Gasteiger partial charge in [-0.3, -0.25) is 0 Å². The number of ether oxygens (including phenoxy) is 2. The third-order valence-corrected chi connectivity index (χ3v) is 2.42. The molecule has 1 amide bonds. The maximum absolute atomic E-state index is 10.5. The predicted molar refractivity (Wildman–Crippen MR) is 57.5 cm³/mol. The van der Waals surface area contributed by atoms with Crippen LogP contribution in [0.2, 0.25) is 0 Å². The van der Waals surface area contributed by atoms with Crippen LogP contribution in [-0.4, -0.2) is 37.4 Å². The molecule has 0 atom stereocenters. The second-order valence-electron chi connectivity index (χ2n) is 3.52. The first-order chi connectivity index (χ1) is 7.69. The molecule has 1 aliphatic heterocycles. The van der Waals surface area contributed by atoms with E-state index >= 15 is 0 Å². The molecule has 0 aromatic carbocycles. The molecule has 0 unspecified atom stereocenters. The van der Waals surface area contributed by atoms with Crippen LogP contribution < -0.4 is 15.4 Å². The lowest BCUT2D eigenvalue weighted by molar-refractivity contribution is 0.0889. The Kier molecular flexibility index (Phi) is 2.80. The summed E-state index contributed by atoms with van der Waals surface area (Å²) in [6.45, 7) is 1.30. The summed E-state index contributed by atoms with van der Waals surface area (Å²) in [6.07, 6.45) is 0.838. The molecule has 1 saturated heterocycles. The Bertz CT molecular complexity index is 391. The van der Waals surface area contributed by atoms with Gasteiger partial charge in [-0.2, -0.15) is 0 Å². The predicted octanol–water partition coefficient (Wildman–Crippen LogP) is 0.374. The molecule has 6 heteroatoms. The van der Waals surface area contributed by atoms with E-state index in [0.717, 1.165) is 5.69 Å². The van der Waals surface area contributed by atoms with E-state index in [1.807, 2.05) is 12.1 Å². The number of carbonyl (C=O) groups is 1. The van der Waals surface area contributed by atoms with Gasteiger partial charge in [0.25, 0.3) is 0 Å². The monoisotopic (exact) mass is 223 g/mol. The largest absolute Gasteiger partial charge is 0.481 e. The number of amides is 1. The van der Waals surface area contributed by atoms with Crippen LogP contribution in [0.15, 0.2) is 18.3 Å². The number of rotatable bonds is 3. The van der Waals surface area contributed by atoms with Gasteiger partial charge in [-0.15, -0.1) is 0 Å². The molecule has 86 valence electrons.